The van der Waals surface area contributed by atoms with Crippen LogP contribution >= 0.6 is 11.8 Å². The molecular weight excluding hydrogens is 201 g/mol. The third-order valence-electron chi connectivity index (χ3n) is 2.15. The summed E-state index contributed by atoms with van der Waals surface area (Å²) < 4.78 is 18.0. The standard InChI is InChI=1S/C10H12FNOS/c11-9-2-1-3-10(12-9)14-8-4-6-13-7-5-8/h1-3,8H,4-7H2. The minimum absolute atomic E-state index is 0.401. The van der Waals surface area contributed by atoms with Crippen LogP contribution < -0.4 is 0 Å². The first-order valence-electron chi connectivity index (χ1n) is 4.71. The van der Waals surface area contributed by atoms with Crippen LogP contribution in [-0.4, -0.2) is 23.4 Å². The molecule has 1 aliphatic heterocycles. The van der Waals surface area contributed by atoms with Gasteiger partial charge in [-0.1, -0.05) is 6.07 Å². The van der Waals surface area contributed by atoms with E-state index in [4.69, 9.17) is 4.74 Å². The first-order valence-corrected chi connectivity index (χ1v) is 5.59. The fraction of sp³-hybridized carbons (Fsp3) is 0.500. The van der Waals surface area contributed by atoms with Gasteiger partial charge in [0, 0.05) is 18.5 Å². The van der Waals surface area contributed by atoms with Gasteiger partial charge in [0.25, 0.3) is 0 Å². The molecule has 0 amide bonds. The van der Waals surface area contributed by atoms with Gasteiger partial charge in [0.1, 0.15) is 0 Å². The van der Waals surface area contributed by atoms with Gasteiger partial charge in [-0.3, -0.25) is 0 Å². The lowest BCUT2D eigenvalue weighted by Gasteiger charge is -2.20. The van der Waals surface area contributed by atoms with E-state index < -0.39 is 5.95 Å². The van der Waals surface area contributed by atoms with Gasteiger partial charge >= 0.3 is 0 Å². The van der Waals surface area contributed by atoms with E-state index in [1.807, 2.05) is 6.07 Å². The van der Waals surface area contributed by atoms with Crippen LogP contribution in [0, 0.1) is 5.95 Å². The van der Waals surface area contributed by atoms with Crippen molar-refractivity contribution < 1.29 is 9.13 Å². The number of pyridine rings is 1. The second-order valence-electron chi connectivity index (χ2n) is 3.23. The fourth-order valence-corrected chi connectivity index (χ4v) is 2.49. The third-order valence-corrected chi connectivity index (χ3v) is 3.42. The summed E-state index contributed by atoms with van der Waals surface area (Å²) >= 11 is 1.65. The molecule has 1 aliphatic rings. The maximum Gasteiger partial charge on any atom is 0.213 e. The van der Waals surface area contributed by atoms with Crippen molar-refractivity contribution >= 4 is 11.8 Å². The second kappa shape index (κ2) is 4.75. The van der Waals surface area contributed by atoms with Crippen LogP contribution in [0.15, 0.2) is 23.2 Å². The van der Waals surface area contributed by atoms with Gasteiger partial charge in [0.2, 0.25) is 5.95 Å². The predicted molar refractivity (Wildman–Crippen MR) is 53.9 cm³/mol. The molecule has 76 valence electrons. The summed E-state index contributed by atoms with van der Waals surface area (Å²) in [6.45, 7) is 1.62. The van der Waals surface area contributed by atoms with Gasteiger partial charge in [-0.15, -0.1) is 11.8 Å². The van der Waals surface area contributed by atoms with E-state index in [1.165, 1.54) is 6.07 Å². The molecule has 0 N–H and O–H groups in total. The quantitative estimate of drug-likeness (QED) is 0.705. The minimum atomic E-state index is -0.401. The zero-order valence-electron chi connectivity index (χ0n) is 7.78. The molecule has 4 heteroatoms. The Morgan fingerprint density at radius 3 is 2.86 bits per heavy atom. The molecule has 0 radical (unpaired) electrons. The molecule has 2 nitrogen and oxygen atoms in total. The first kappa shape index (κ1) is 9.93. The van der Waals surface area contributed by atoms with E-state index in [1.54, 1.807) is 17.8 Å². The molecule has 0 saturated carbocycles. The lowest BCUT2D eigenvalue weighted by atomic mass is 10.2. The molecule has 0 spiro atoms. The maximum absolute atomic E-state index is 12.8. The topological polar surface area (TPSA) is 22.1 Å². The second-order valence-corrected chi connectivity index (χ2v) is 4.55. The van der Waals surface area contributed by atoms with Crippen molar-refractivity contribution in [3.8, 4) is 0 Å². The Morgan fingerprint density at radius 1 is 1.36 bits per heavy atom. The summed E-state index contributed by atoms with van der Waals surface area (Å²) in [4.78, 5) is 3.82. The zero-order chi connectivity index (χ0) is 9.80. The van der Waals surface area contributed by atoms with E-state index in [0.29, 0.717) is 5.25 Å². The van der Waals surface area contributed by atoms with Crippen molar-refractivity contribution in [3.05, 3.63) is 24.1 Å². The van der Waals surface area contributed by atoms with Crippen molar-refractivity contribution in [3.63, 3.8) is 0 Å². The van der Waals surface area contributed by atoms with Crippen LogP contribution in [-0.2, 0) is 4.74 Å². The smallest absolute Gasteiger partial charge is 0.213 e. The van der Waals surface area contributed by atoms with Crippen molar-refractivity contribution in [2.24, 2.45) is 0 Å². The first-order chi connectivity index (χ1) is 6.84. The van der Waals surface area contributed by atoms with Gasteiger partial charge in [-0.2, -0.15) is 4.39 Å². The van der Waals surface area contributed by atoms with Gasteiger partial charge in [0.15, 0.2) is 0 Å². The van der Waals surface area contributed by atoms with Gasteiger partial charge in [-0.05, 0) is 25.0 Å². The van der Waals surface area contributed by atoms with E-state index in [2.05, 4.69) is 4.98 Å². The predicted octanol–water partition coefficient (Wildman–Crippen LogP) is 2.49. The maximum atomic E-state index is 12.8. The summed E-state index contributed by atoms with van der Waals surface area (Å²) in [5, 5.41) is 1.30. The number of aromatic nitrogens is 1. The summed E-state index contributed by atoms with van der Waals surface area (Å²) in [6.07, 6.45) is 2.06. The Kier molecular flexibility index (Phi) is 3.37. The molecular formula is C10H12FNOS. The number of thioether (sulfide) groups is 1. The highest BCUT2D eigenvalue weighted by molar-refractivity contribution is 7.99. The normalized spacial score (nSPS) is 18.4. The number of nitrogens with zero attached hydrogens (tertiary/aromatic N) is 1. The van der Waals surface area contributed by atoms with Crippen molar-refractivity contribution in [1.82, 2.24) is 4.98 Å². The molecule has 0 atom stereocenters. The third kappa shape index (κ3) is 2.69. The average Bonchev–Trinajstić information content (AvgIpc) is 2.19. The number of hydrogen-bond donors (Lipinski definition) is 0. The lowest BCUT2D eigenvalue weighted by Crippen LogP contribution is -2.17. The van der Waals surface area contributed by atoms with Crippen molar-refractivity contribution in [2.45, 2.75) is 23.1 Å². The van der Waals surface area contributed by atoms with Crippen LogP contribution in [0.3, 0.4) is 0 Å². The Morgan fingerprint density at radius 2 is 2.14 bits per heavy atom. The molecule has 1 saturated heterocycles. The monoisotopic (exact) mass is 213 g/mol. The highest BCUT2D eigenvalue weighted by atomic mass is 32.2. The van der Waals surface area contributed by atoms with E-state index >= 15 is 0 Å². The van der Waals surface area contributed by atoms with Gasteiger partial charge < -0.3 is 4.74 Å². The fourth-order valence-electron chi connectivity index (χ4n) is 1.42. The molecule has 2 rings (SSSR count). The highest BCUT2D eigenvalue weighted by Crippen LogP contribution is 2.28. The molecule has 14 heavy (non-hydrogen) atoms. The molecule has 1 fully saturated rings. The zero-order valence-corrected chi connectivity index (χ0v) is 8.60. The Balaban J connectivity index is 1.95. The van der Waals surface area contributed by atoms with Crippen LogP contribution in [0.1, 0.15) is 12.8 Å². The molecule has 0 aliphatic carbocycles. The number of hydrogen-bond acceptors (Lipinski definition) is 3. The SMILES string of the molecule is Fc1cccc(SC2CCOCC2)n1. The Labute approximate surface area is 86.9 Å². The van der Waals surface area contributed by atoms with Crippen LogP contribution in [0.25, 0.3) is 0 Å². The van der Waals surface area contributed by atoms with Gasteiger partial charge in [0.05, 0.1) is 5.03 Å². The highest BCUT2D eigenvalue weighted by Gasteiger charge is 2.15. The van der Waals surface area contributed by atoms with Crippen LogP contribution in [0.2, 0.25) is 0 Å². The summed E-state index contributed by atoms with van der Waals surface area (Å²) in [7, 11) is 0. The number of rotatable bonds is 2. The largest absolute Gasteiger partial charge is 0.381 e. The Hall–Kier alpha value is -0.610. The van der Waals surface area contributed by atoms with Crippen molar-refractivity contribution in [1.29, 1.82) is 0 Å². The Bertz CT molecular complexity index is 302. The van der Waals surface area contributed by atoms with E-state index in [-0.39, 0.29) is 0 Å². The van der Waals surface area contributed by atoms with Crippen LogP contribution in [0.4, 0.5) is 4.39 Å². The summed E-state index contributed by atoms with van der Waals surface area (Å²) in [6, 6.07) is 4.92. The number of ether oxygens (including phenoxy) is 1. The lowest BCUT2D eigenvalue weighted by molar-refractivity contribution is 0.1000. The summed E-state index contributed by atoms with van der Waals surface area (Å²) in [5.74, 6) is -0.401. The van der Waals surface area contributed by atoms with E-state index in [0.717, 1.165) is 31.1 Å². The molecule has 2 heterocycles. The van der Waals surface area contributed by atoms with Crippen molar-refractivity contribution in [2.75, 3.05) is 13.2 Å². The van der Waals surface area contributed by atoms with Crippen LogP contribution in [0.5, 0.6) is 0 Å². The molecule has 1 aromatic rings. The molecule has 1 aromatic heterocycles. The molecule has 0 aromatic carbocycles. The van der Waals surface area contributed by atoms with E-state index in [9.17, 15) is 4.39 Å². The molecule has 0 bridgehead atoms. The average molecular weight is 213 g/mol. The summed E-state index contributed by atoms with van der Waals surface area (Å²) in [5.41, 5.74) is 0. The molecule has 0 unspecified atom stereocenters. The van der Waals surface area contributed by atoms with Gasteiger partial charge in [-0.25, -0.2) is 4.98 Å². The minimum Gasteiger partial charge on any atom is -0.381 e. The number of halogens is 1.